The van der Waals surface area contributed by atoms with Crippen molar-refractivity contribution in [2.24, 2.45) is 20.2 Å². The van der Waals surface area contributed by atoms with E-state index in [1.807, 2.05) is 108 Å². The first kappa shape index (κ1) is 20.7. The Balaban J connectivity index is 1.63. The van der Waals surface area contributed by atoms with Crippen molar-refractivity contribution in [3.8, 4) is 0 Å². The minimum Gasteiger partial charge on any atom is -0.463 e. The van der Waals surface area contributed by atoms with E-state index in [0.29, 0.717) is 16.8 Å². The Labute approximate surface area is 195 Å². The topological polar surface area (TPSA) is 65.8 Å². The summed E-state index contributed by atoms with van der Waals surface area (Å²) in [4.78, 5) is 11.8. The molecule has 1 aliphatic heterocycles. The van der Waals surface area contributed by atoms with Crippen molar-refractivity contribution in [1.29, 1.82) is 0 Å². The first-order chi connectivity index (χ1) is 16.4. The molecular weight excluding hydrogens is 430 g/mol. The number of rotatable bonds is 5. The lowest BCUT2D eigenvalue weighted by molar-refractivity contribution is 0.560. The van der Waals surface area contributed by atoms with Crippen LogP contribution in [0.5, 0.6) is 0 Å². The zero-order valence-corrected chi connectivity index (χ0v) is 18.3. The van der Waals surface area contributed by atoms with Crippen LogP contribution in [0.15, 0.2) is 134 Å². The van der Waals surface area contributed by atoms with Gasteiger partial charge in [-0.3, -0.25) is 4.90 Å². The van der Waals surface area contributed by atoms with Crippen LogP contribution >= 0.6 is 11.8 Å². The number of anilines is 1. The Bertz CT molecular complexity index is 1320. The maximum Gasteiger partial charge on any atom is 0.202 e. The lowest BCUT2D eigenvalue weighted by Gasteiger charge is -2.17. The minimum absolute atomic E-state index is 0.630. The van der Waals surface area contributed by atoms with Crippen molar-refractivity contribution in [2.75, 3.05) is 4.90 Å². The summed E-state index contributed by atoms with van der Waals surface area (Å²) in [6.07, 6.45) is 3.18. The van der Waals surface area contributed by atoms with Gasteiger partial charge < -0.3 is 4.42 Å². The number of hydrogen-bond acceptors (Lipinski definition) is 6. The van der Waals surface area contributed by atoms with Crippen LogP contribution in [0.1, 0.15) is 5.76 Å². The Morgan fingerprint density at radius 1 is 0.697 bits per heavy atom. The Kier molecular flexibility index (Phi) is 6.22. The lowest BCUT2D eigenvalue weighted by atomic mass is 10.3. The molecule has 6 nitrogen and oxygen atoms in total. The van der Waals surface area contributed by atoms with Crippen LogP contribution < -0.4 is 4.90 Å². The monoisotopic (exact) mass is 449 g/mol. The molecule has 0 N–H and O–H groups in total. The summed E-state index contributed by atoms with van der Waals surface area (Å²) in [6, 6.07) is 33.2. The fraction of sp³-hybridized carbons (Fsp3) is 0. The van der Waals surface area contributed by atoms with Gasteiger partial charge in [-0.05, 0) is 60.3 Å². The molecule has 0 bridgehead atoms. The van der Waals surface area contributed by atoms with E-state index in [1.165, 1.54) is 11.8 Å². The fourth-order valence-electron chi connectivity index (χ4n) is 3.15. The van der Waals surface area contributed by atoms with Gasteiger partial charge in [-0.2, -0.15) is 5.10 Å². The predicted octanol–water partition coefficient (Wildman–Crippen LogP) is 6.68. The molecule has 0 unspecified atom stereocenters. The SMILES string of the molecule is C(=N\N=C1/SC(=Nc2ccccc2)C(=Nc2ccccc2)N1c1ccccc1)/c1ccco1. The molecule has 33 heavy (non-hydrogen) atoms. The van der Waals surface area contributed by atoms with E-state index in [0.717, 1.165) is 22.1 Å². The summed E-state index contributed by atoms with van der Waals surface area (Å²) < 4.78 is 5.32. The molecule has 2 heterocycles. The van der Waals surface area contributed by atoms with E-state index in [4.69, 9.17) is 14.4 Å². The number of nitrogens with zero attached hydrogens (tertiary/aromatic N) is 5. The molecule has 0 amide bonds. The summed E-state index contributed by atoms with van der Waals surface area (Å²) in [7, 11) is 0. The molecule has 0 atom stereocenters. The summed E-state index contributed by atoms with van der Waals surface area (Å²) in [6.45, 7) is 0. The molecule has 1 fully saturated rings. The largest absolute Gasteiger partial charge is 0.463 e. The van der Waals surface area contributed by atoms with Crippen molar-refractivity contribution in [2.45, 2.75) is 0 Å². The second kappa shape index (κ2) is 9.93. The maximum atomic E-state index is 5.32. The third kappa shape index (κ3) is 4.99. The molecule has 0 aliphatic carbocycles. The Morgan fingerprint density at radius 2 is 1.33 bits per heavy atom. The zero-order valence-electron chi connectivity index (χ0n) is 17.5. The minimum atomic E-state index is 0.630. The highest BCUT2D eigenvalue weighted by atomic mass is 32.2. The number of furan rings is 1. The van der Waals surface area contributed by atoms with E-state index in [-0.39, 0.29) is 0 Å². The predicted molar refractivity (Wildman–Crippen MR) is 137 cm³/mol. The van der Waals surface area contributed by atoms with E-state index < -0.39 is 0 Å². The van der Waals surface area contributed by atoms with Gasteiger partial charge in [-0.25, -0.2) is 9.98 Å². The van der Waals surface area contributed by atoms with E-state index in [1.54, 1.807) is 12.5 Å². The van der Waals surface area contributed by atoms with Gasteiger partial charge in [0.15, 0.2) is 5.84 Å². The van der Waals surface area contributed by atoms with E-state index in [2.05, 4.69) is 10.2 Å². The number of amidine groups is 2. The van der Waals surface area contributed by atoms with Gasteiger partial charge in [0.05, 0.1) is 23.9 Å². The lowest BCUT2D eigenvalue weighted by Crippen LogP contribution is -2.30. The summed E-state index contributed by atoms with van der Waals surface area (Å²) in [5.74, 6) is 1.32. The van der Waals surface area contributed by atoms with Crippen molar-refractivity contribution < 1.29 is 4.42 Å². The fourth-order valence-corrected chi connectivity index (χ4v) is 4.08. The molecular formula is C26H19N5OS. The molecule has 0 spiro atoms. The van der Waals surface area contributed by atoms with Crippen LogP contribution in [0.4, 0.5) is 17.1 Å². The molecule has 0 saturated carbocycles. The molecule has 1 aromatic heterocycles. The molecule has 1 saturated heterocycles. The average molecular weight is 450 g/mol. The van der Waals surface area contributed by atoms with Gasteiger partial charge in [-0.1, -0.05) is 54.6 Å². The first-order valence-corrected chi connectivity index (χ1v) is 11.1. The number of thioether (sulfide) groups is 1. The molecule has 4 aromatic rings. The molecule has 7 heteroatoms. The molecule has 0 radical (unpaired) electrons. The molecule has 3 aromatic carbocycles. The van der Waals surface area contributed by atoms with Crippen molar-refractivity contribution >= 4 is 51.1 Å². The van der Waals surface area contributed by atoms with Gasteiger partial charge in [-0.15, -0.1) is 5.10 Å². The molecule has 5 rings (SSSR count). The molecule has 1 aliphatic rings. The van der Waals surface area contributed by atoms with Crippen LogP contribution in [0.2, 0.25) is 0 Å². The van der Waals surface area contributed by atoms with Gasteiger partial charge in [0.2, 0.25) is 5.17 Å². The number of benzene rings is 3. The Hall–Kier alpha value is -4.23. The van der Waals surface area contributed by atoms with Gasteiger partial charge in [0, 0.05) is 5.69 Å². The van der Waals surface area contributed by atoms with Gasteiger partial charge in [0.25, 0.3) is 0 Å². The highest BCUT2D eigenvalue weighted by molar-refractivity contribution is 8.29. The quantitative estimate of drug-likeness (QED) is 0.252. The highest BCUT2D eigenvalue weighted by Crippen LogP contribution is 2.32. The normalized spacial score (nSPS) is 17.6. The third-order valence-corrected chi connectivity index (χ3v) is 5.56. The summed E-state index contributed by atoms with van der Waals surface area (Å²) >= 11 is 1.42. The Morgan fingerprint density at radius 3 is 1.97 bits per heavy atom. The highest BCUT2D eigenvalue weighted by Gasteiger charge is 2.34. The number of aliphatic imine (C=N–C) groups is 2. The summed E-state index contributed by atoms with van der Waals surface area (Å²) in [5, 5.41) is 10.1. The van der Waals surface area contributed by atoms with Gasteiger partial charge in [0.1, 0.15) is 10.8 Å². The number of para-hydroxylation sites is 3. The second-order valence-electron chi connectivity index (χ2n) is 6.94. The van der Waals surface area contributed by atoms with Crippen molar-refractivity contribution in [1.82, 2.24) is 0 Å². The van der Waals surface area contributed by atoms with Crippen LogP contribution in [0.3, 0.4) is 0 Å². The standard InChI is InChI=1S/C26H19N5OS/c1-4-11-20(12-5-1)28-24-25(29-21-13-6-2-7-14-21)33-26(30-27-19-23-17-10-18-32-23)31(24)22-15-8-3-9-16-22/h1-19H/b27-19+,28-24?,29-25?,30-26-. The van der Waals surface area contributed by atoms with Crippen LogP contribution in [-0.2, 0) is 0 Å². The third-order valence-electron chi connectivity index (χ3n) is 4.65. The zero-order chi connectivity index (χ0) is 22.3. The van der Waals surface area contributed by atoms with Crippen LogP contribution in [0.25, 0.3) is 0 Å². The van der Waals surface area contributed by atoms with Crippen molar-refractivity contribution in [3.63, 3.8) is 0 Å². The average Bonchev–Trinajstić information content (AvgIpc) is 3.49. The van der Waals surface area contributed by atoms with Crippen LogP contribution in [-0.4, -0.2) is 22.3 Å². The number of hydrogen-bond donors (Lipinski definition) is 0. The maximum absolute atomic E-state index is 5.32. The van der Waals surface area contributed by atoms with Crippen molar-refractivity contribution in [3.05, 3.63) is 115 Å². The van der Waals surface area contributed by atoms with E-state index >= 15 is 0 Å². The second-order valence-corrected chi connectivity index (χ2v) is 7.90. The van der Waals surface area contributed by atoms with E-state index in [9.17, 15) is 0 Å². The van der Waals surface area contributed by atoms with Crippen LogP contribution in [0, 0.1) is 0 Å². The first-order valence-electron chi connectivity index (χ1n) is 10.3. The smallest absolute Gasteiger partial charge is 0.202 e. The summed E-state index contributed by atoms with van der Waals surface area (Å²) in [5.41, 5.74) is 2.59. The molecule has 160 valence electrons. The van der Waals surface area contributed by atoms with Gasteiger partial charge >= 0.3 is 0 Å².